The van der Waals surface area contributed by atoms with Gasteiger partial charge in [0.1, 0.15) is 0 Å². The molecule has 1 aromatic carbocycles. The molecule has 0 aliphatic carbocycles. The predicted octanol–water partition coefficient (Wildman–Crippen LogP) is 0.926. The first kappa shape index (κ1) is 17.9. The van der Waals surface area contributed by atoms with E-state index in [0.717, 1.165) is 4.90 Å². The van der Waals surface area contributed by atoms with Gasteiger partial charge in [-0.2, -0.15) is 0 Å². The van der Waals surface area contributed by atoms with Crippen LogP contribution in [-0.4, -0.2) is 79.4 Å². The average molecular weight is 336 g/mol. The van der Waals surface area contributed by atoms with Gasteiger partial charge in [0.2, 0.25) is 0 Å². The molecular formula is C16H20N2O6. The van der Waals surface area contributed by atoms with Crippen LogP contribution in [0.2, 0.25) is 0 Å². The summed E-state index contributed by atoms with van der Waals surface area (Å²) in [4.78, 5) is 37.1. The molecule has 1 aliphatic rings. The van der Waals surface area contributed by atoms with Crippen molar-refractivity contribution < 1.29 is 29.0 Å². The van der Waals surface area contributed by atoms with E-state index >= 15 is 0 Å². The fourth-order valence-electron chi connectivity index (χ4n) is 2.22. The van der Waals surface area contributed by atoms with Crippen molar-refractivity contribution in [3.05, 3.63) is 35.4 Å². The molecule has 24 heavy (non-hydrogen) atoms. The zero-order valence-corrected chi connectivity index (χ0v) is 13.4. The highest BCUT2D eigenvalue weighted by Crippen LogP contribution is 2.21. The summed E-state index contributed by atoms with van der Waals surface area (Å²) in [5, 5.41) is 8.65. The molecule has 1 heterocycles. The average Bonchev–Trinajstić information content (AvgIpc) is 2.82. The zero-order chi connectivity index (χ0) is 17.5. The molecule has 0 bridgehead atoms. The SMILES string of the molecule is CN(CCOCCOCCN1C(=O)c2ccccc2C1=O)C(=O)O. The van der Waals surface area contributed by atoms with Crippen molar-refractivity contribution in [3.63, 3.8) is 0 Å². The molecule has 0 radical (unpaired) electrons. The summed E-state index contributed by atoms with van der Waals surface area (Å²) < 4.78 is 10.6. The quantitative estimate of drug-likeness (QED) is 0.532. The topological polar surface area (TPSA) is 96.4 Å². The molecule has 8 heteroatoms. The summed E-state index contributed by atoms with van der Waals surface area (Å²) in [5.74, 6) is -0.598. The summed E-state index contributed by atoms with van der Waals surface area (Å²) in [5.41, 5.74) is 0.849. The van der Waals surface area contributed by atoms with E-state index in [1.54, 1.807) is 24.3 Å². The second-order valence-corrected chi connectivity index (χ2v) is 5.24. The lowest BCUT2D eigenvalue weighted by atomic mass is 10.1. The van der Waals surface area contributed by atoms with Crippen molar-refractivity contribution in [2.45, 2.75) is 0 Å². The number of carbonyl (C=O) groups is 3. The number of nitrogens with zero attached hydrogens (tertiary/aromatic N) is 2. The molecule has 1 aliphatic heterocycles. The Morgan fingerprint density at radius 1 is 1.04 bits per heavy atom. The van der Waals surface area contributed by atoms with Gasteiger partial charge in [0.05, 0.1) is 44.1 Å². The van der Waals surface area contributed by atoms with Gasteiger partial charge >= 0.3 is 6.09 Å². The molecule has 0 aromatic heterocycles. The number of fused-ring (bicyclic) bond motifs is 1. The fourth-order valence-corrected chi connectivity index (χ4v) is 2.22. The summed E-state index contributed by atoms with van der Waals surface area (Å²) >= 11 is 0. The Hall–Kier alpha value is -2.45. The van der Waals surface area contributed by atoms with E-state index in [4.69, 9.17) is 14.6 Å². The van der Waals surface area contributed by atoms with E-state index < -0.39 is 6.09 Å². The molecule has 0 spiro atoms. The Morgan fingerprint density at radius 3 is 2.12 bits per heavy atom. The van der Waals surface area contributed by atoms with Gasteiger partial charge in [-0.15, -0.1) is 0 Å². The molecule has 0 atom stereocenters. The Kier molecular flexibility index (Phi) is 6.28. The smallest absolute Gasteiger partial charge is 0.407 e. The van der Waals surface area contributed by atoms with E-state index in [2.05, 4.69) is 0 Å². The van der Waals surface area contributed by atoms with Gasteiger partial charge in [0.25, 0.3) is 11.8 Å². The summed E-state index contributed by atoms with van der Waals surface area (Å²) in [7, 11) is 1.46. The van der Waals surface area contributed by atoms with Crippen LogP contribution in [0, 0.1) is 0 Å². The lowest BCUT2D eigenvalue weighted by Crippen LogP contribution is -2.33. The lowest BCUT2D eigenvalue weighted by Gasteiger charge is -2.14. The maximum Gasteiger partial charge on any atom is 0.407 e. The van der Waals surface area contributed by atoms with Crippen molar-refractivity contribution in [2.24, 2.45) is 0 Å². The van der Waals surface area contributed by atoms with Crippen LogP contribution in [0.25, 0.3) is 0 Å². The highest BCUT2D eigenvalue weighted by Gasteiger charge is 2.34. The van der Waals surface area contributed by atoms with Gasteiger partial charge in [0, 0.05) is 13.6 Å². The first-order valence-electron chi connectivity index (χ1n) is 7.57. The third-order valence-corrected chi connectivity index (χ3v) is 3.61. The van der Waals surface area contributed by atoms with E-state index in [1.165, 1.54) is 11.9 Å². The Balaban J connectivity index is 1.60. The molecule has 3 amide bonds. The number of ether oxygens (including phenoxy) is 2. The molecule has 8 nitrogen and oxygen atoms in total. The summed E-state index contributed by atoms with van der Waals surface area (Å²) in [6.07, 6.45) is -1.00. The Bertz CT molecular complexity index is 583. The standard InChI is InChI=1S/C16H20N2O6/c1-17(16(21)22)6-8-23-10-11-24-9-7-18-14(19)12-4-2-3-5-13(12)15(18)20/h2-5H,6-11H2,1H3,(H,21,22). The number of amides is 3. The third-order valence-electron chi connectivity index (χ3n) is 3.61. The first-order valence-corrected chi connectivity index (χ1v) is 7.57. The van der Waals surface area contributed by atoms with Crippen LogP contribution in [0.3, 0.4) is 0 Å². The van der Waals surface area contributed by atoms with Gasteiger partial charge in [-0.25, -0.2) is 4.79 Å². The van der Waals surface area contributed by atoms with Crippen molar-refractivity contribution in [1.82, 2.24) is 9.80 Å². The molecule has 0 fully saturated rings. The number of carboxylic acid groups (broad SMARTS) is 1. The highest BCUT2D eigenvalue weighted by molar-refractivity contribution is 6.21. The summed E-state index contributed by atoms with van der Waals surface area (Å²) in [6.45, 7) is 1.60. The normalized spacial score (nSPS) is 13.3. The molecule has 0 saturated carbocycles. The maximum absolute atomic E-state index is 12.1. The molecule has 0 unspecified atom stereocenters. The highest BCUT2D eigenvalue weighted by atomic mass is 16.5. The van der Waals surface area contributed by atoms with Gasteiger partial charge in [-0.1, -0.05) is 12.1 Å². The van der Waals surface area contributed by atoms with Crippen LogP contribution in [0.1, 0.15) is 20.7 Å². The molecule has 1 aromatic rings. The number of rotatable bonds is 9. The van der Waals surface area contributed by atoms with Crippen molar-refractivity contribution in [3.8, 4) is 0 Å². The van der Waals surface area contributed by atoms with Gasteiger partial charge < -0.3 is 19.5 Å². The molecule has 2 rings (SSSR count). The van der Waals surface area contributed by atoms with Crippen LogP contribution >= 0.6 is 0 Å². The molecule has 0 saturated heterocycles. The van der Waals surface area contributed by atoms with Crippen LogP contribution in [0.5, 0.6) is 0 Å². The molecular weight excluding hydrogens is 316 g/mol. The molecule has 130 valence electrons. The number of carbonyl (C=O) groups excluding carboxylic acids is 2. The van der Waals surface area contributed by atoms with E-state index in [0.29, 0.717) is 24.3 Å². The van der Waals surface area contributed by atoms with Crippen molar-refractivity contribution in [2.75, 3.05) is 46.6 Å². The fraction of sp³-hybridized carbons (Fsp3) is 0.438. The van der Waals surface area contributed by atoms with Crippen LogP contribution in [0.15, 0.2) is 24.3 Å². The van der Waals surface area contributed by atoms with Crippen LogP contribution in [-0.2, 0) is 9.47 Å². The van der Waals surface area contributed by atoms with E-state index in [1.807, 2.05) is 0 Å². The second-order valence-electron chi connectivity index (χ2n) is 5.24. The van der Waals surface area contributed by atoms with E-state index in [9.17, 15) is 14.4 Å². The Labute approximate surface area is 139 Å². The largest absolute Gasteiger partial charge is 0.465 e. The number of hydrogen-bond donors (Lipinski definition) is 1. The van der Waals surface area contributed by atoms with Gasteiger partial charge in [-0.05, 0) is 12.1 Å². The Morgan fingerprint density at radius 2 is 1.58 bits per heavy atom. The minimum atomic E-state index is -1.00. The number of hydrogen-bond acceptors (Lipinski definition) is 5. The maximum atomic E-state index is 12.1. The number of benzene rings is 1. The van der Waals surface area contributed by atoms with Crippen LogP contribution in [0.4, 0.5) is 4.79 Å². The van der Waals surface area contributed by atoms with Gasteiger partial charge in [-0.3, -0.25) is 14.5 Å². The first-order chi connectivity index (χ1) is 11.5. The zero-order valence-electron chi connectivity index (χ0n) is 13.4. The monoisotopic (exact) mass is 336 g/mol. The lowest BCUT2D eigenvalue weighted by molar-refractivity contribution is 0.0315. The van der Waals surface area contributed by atoms with Gasteiger partial charge in [0.15, 0.2) is 0 Å². The minimum absolute atomic E-state index is 0.189. The van der Waals surface area contributed by atoms with E-state index in [-0.39, 0.29) is 38.1 Å². The van der Waals surface area contributed by atoms with Crippen LogP contribution < -0.4 is 0 Å². The third kappa shape index (κ3) is 4.30. The second kappa shape index (κ2) is 8.42. The minimum Gasteiger partial charge on any atom is -0.465 e. The number of imide groups is 1. The van der Waals surface area contributed by atoms with Crippen molar-refractivity contribution in [1.29, 1.82) is 0 Å². The summed E-state index contributed by atoms with van der Waals surface area (Å²) in [6, 6.07) is 6.73. The molecule has 1 N–H and O–H groups in total. The van der Waals surface area contributed by atoms with Crippen molar-refractivity contribution >= 4 is 17.9 Å². The predicted molar refractivity (Wildman–Crippen MR) is 84.1 cm³/mol. The number of likely N-dealkylation sites (N-methyl/N-ethyl adjacent to an activating group) is 1.